The average Bonchev–Trinajstić information content (AvgIpc) is 2.67. The summed E-state index contributed by atoms with van der Waals surface area (Å²) < 4.78 is 13.3. The smallest absolute Gasteiger partial charge is 0.259 e. The van der Waals surface area contributed by atoms with Crippen molar-refractivity contribution in [1.82, 2.24) is 4.98 Å². The van der Waals surface area contributed by atoms with Gasteiger partial charge in [-0.3, -0.25) is 4.79 Å². The Hall–Kier alpha value is -3.37. The molecule has 27 heavy (non-hydrogen) atoms. The summed E-state index contributed by atoms with van der Waals surface area (Å²) in [5, 5.41) is 12.5. The summed E-state index contributed by atoms with van der Waals surface area (Å²) in [6, 6.07) is 18.6. The van der Waals surface area contributed by atoms with Gasteiger partial charge in [-0.25, -0.2) is 9.37 Å². The fraction of sp³-hybridized carbons (Fsp3) is 0.0500. The normalized spacial score (nSPS) is 10.2. The molecule has 0 aliphatic rings. The van der Waals surface area contributed by atoms with E-state index in [9.17, 15) is 14.4 Å². The van der Waals surface area contributed by atoms with Crippen molar-refractivity contribution in [1.29, 1.82) is 5.26 Å². The minimum atomic E-state index is -0.440. The molecule has 3 rings (SSSR count). The molecule has 0 aliphatic carbocycles. The number of hydrogen-bond donors (Lipinski definition) is 2. The Kier molecular flexibility index (Phi) is 5.69. The predicted molar refractivity (Wildman–Crippen MR) is 104 cm³/mol. The van der Waals surface area contributed by atoms with Gasteiger partial charge in [-0.1, -0.05) is 30.3 Å². The molecule has 1 aromatic heterocycles. The molecule has 7 heteroatoms. The molecule has 3 N–H and O–H groups in total. The quantitative estimate of drug-likeness (QED) is 0.649. The molecule has 0 radical (unpaired) electrons. The molecule has 3 aromatic rings. The van der Waals surface area contributed by atoms with Crippen LogP contribution in [-0.2, 0) is 5.75 Å². The van der Waals surface area contributed by atoms with Crippen molar-refractivity contribution in [3.63, 3.8) is 0 Å². The Morgan fingerprint density at radius 2 is 1.96 bits per heavy atom. The lowest BCUT2D eigenvalue weighted by molar-refractivity contribution is 0.102. The van der Waals surface area contributed by atoms with Gasteiger partial charge in [-0.2, -0.15) is 5.26 Å². The number of benzene rings is 2. The Bertz CT molecular complexity index is 1020. The van der Waals surface area contributed by atoms with Crippen LogP contribution in [0.1, 0.15) is 21.5 Å². The summed E-state index contributed by atoms with van der Waals surface area (Å²) >= 11 is 1.26. The molecule has 0 saturated heterocycles. The van der Waals surface area contributed by atoms with Crippen LogP contribution in [-0.4, -0.2) is 10.9 Å². The number of halogens is 1. The number of carbonyl (C=O) groups excluding carboxylic acids is 1. The van der Waals surface area contributed by atoms with Gasteiger partial charge in [0.1, 0.15) is 22.7 Å². The van der Waals surface area contributed by atoms with Gasteiger partial charge < -0.3 is 11.1 Å². The molecule has 0 saturated carbocycles. The standard InChI is InChI=1S/C20H15FN4OS/c21-15-6-4-5-13(9-15)12-27-20-14(11-22)10-17(18(23)25-20)19(26)24-16-7-2-1-3-8-16/h1-10H,12H2,(H2,23,25)(H,24,26). The Morgan fingerprint density at radius 3 is 2.67 bits per heavy atom. The topological polar surface area (TPSA) is 91.8 Å². The Morgan fingerprint density at radius 1 is 1.19 bits per heavy atom. The molecule has 1 amide bonds. The zero-order valence-electron chi connectivity index (χ0n) is 14.1. The van der Waals surface area contributed by atoms with E-state index in [1.54, 1.807) is 36.4 Å². The third-order valence-electron chi connectivity index (χ3n) is 3.68. The van der Waals surface area contributed by atoms with Crippen LogP contribution in [0.15, 0.2) is 65.7 Å². The fourth-order valence-electron chi connectivity index (χ4n) is 2.38. The van der Waals surface area contributed by atoms with E-state index >= 15 is 0 Å². The van der Waals surface area contributed by atoms with E-state index < -0.39 is 5.91 Å². The van der Waals surface area contributed by atoms with Crippen LogP contribution in [0.4, 0.5) is 15.9 Å². The largest absolute Gasteiger partial charge is 0.383 e. The number of nitrogens with zero attached hydrogens (tertiary/aromatic N) is 2. The van der Waals surface area contributed by atoms with Crippen molar-refractivity contribution in [2.45, 2.75) is 10.8 Å². The molecule has 0 fully saturated rings. The molecular formula is C20H15FN4OS. The van der Waals surface area contributed by atoms with Crippen LogP contribution in [0.3, 0.4) is 0 Å². The second-order valence-electron chi connectivity index (χ2n) is 5.62. The van der Waals surface area contributed by atoms with Crippen molar-refractivity contribution < 1.29 is 9.18 Å². The first-order valence-electron chi connectivity index (χ1n) is 8.01. The minimum absolute atomic E-state index is 0.0316. The van der Waals surface area contributed by atoms with E-state index in [2.05, 4.69) is 10.3 Å². The van der Waals surface area contributed by atoms with Crippen molar-refractivity contribution >= 4 is 29.2 Å². The molecule has 0 atom stereocenters. The van der Waals surface area contributed by atoms with Crippen LogP contribution < -0.4 is 11.1 Å². The minimum Gasteiger partial charge on any atom is -0.383 e. The maximum absolute atomic E-state index is 13.3. The highest BCUT2D eigenvalue weighted by molar-refractivity contribution is 7.98. The lowest BCUT2D eigenvalue weighted by Gasteiger charge is -2.10. The first kappa shape index (κ1) is 18.4. The summed E-state index contributed by atoms with van der Waals surface area (Å²) in [4.78, 5) is 16.6. The summed E-state index contributed by atoms with van der Waals surface area (Å²) in [6.45, 7) is 0. The van der Waals surface area contributed by atoms with E-state index in [1.807, 2.05) is 12.1 Å². The number of carbonyl (C=O) groups is 1. The first-order valence-corrected chi connectivity index (χ1v) is 8.99. The summed E-state index contributed by atoms with van der Waals surface area (Å²) in [6.07, 6.45) is 0. The number of anilines is 2. The number of nitriles is 1. The second kappa shape index (κ2) is 8.34. The highest BCUT2D eigenvalue weighted by atomic mass is 32.2. The number of aromatic nitrogens is 1. The number of nitrogens with one attached hydrogen (secondary N) is 1. The molecule has 0 aliphatic heterocycles. The van der Waals surface area contributed by atoms with Crippen LogP contribution in [0.2, 0.25) is 0 Å². The SMILES string of the molecule is N#Cc1cc(C(=O)Nc2ccccc2)c(N)nc1SCc1cccc(F)c1. The lowest BCUT2D eigenvalue weighted by atomic mass is 10.2. The number of hydrogen-bond acceptors (Lipinski definition) is 5. The number of nitrogens with two attached hydrogens (primary N) is 1. The zero-order chi connectivity index (χ0) is 19.2. The number of nitrogen functional groups attached to an aromatic ring is 1. The number of rotatable bonds is 5. The maximum Gasteiger partial charge on any atom is 0.259 e. The molecule has 1 heterocycles. The number of thioether (sulfide) groups is 1. The Labute approximate surface area is 160 Å². The van der Waals surface area contributed by atoms with Crippen molar-refractivity contribution in [3.8, 4) is 6.07 Å². The van der Waals surface area contributed by atoms with Gasteiger partial charge in [0.05, 0.1) is 11.1 Å². The van der Waals surface area contributed by atoms with Crippen LogP contribution in [0.25, 0.3) is 0 Å². The van der Waals surface area contributed by atoms with Crippen LogP contribution >= 0.6 is 11.8 Å². The number of para-hydroxylation sites is 1. The summed E-state index contributed by atoms with van der Waals surface area (Å²) in [5.41, 5.74) is 7.68. The van der Waals surface area contributed by atoms with Crippen molar-refractivity contribution in [2.24, 2.45) is 0 Å². The van der Waals surface area contributed by atoms with Crippen molar-refractivity contribution in [2.75, 3.05) is 11.1 Å². The van der Waals surface area contributed by atoms with Gasteiger partial charge in [-0.15, -0.1) is 11.8 Å². The third kappa shape index (κ3) is 4.63. The third-order valence-corrected chi connectivity index (χ3v) is 4.74. The van der Waals surface area contributed by atoms with Gasteiger partial charge in [0.2, 0.25) is 0 Å². The molecule has 0 bridgehead atoms. The van der Waals surface area contributed by atoms with Gasteiger partial charge in [0.15, 0.2) is 0 Å². The molecule has 0 unspecified atom stereocenters. The van der Waals surface area contributed by atoms with Gasteiger partial charge >= 0.3 is 0 Å². The maximum atomic E-state index is 13.3. The van der Waals surface area contributed by atoms with E-state index in [0.717, 1.165) is 5.56 Å². The van der Waals surface area contributed by atoms with Gasteiger partial charge in [0, 0.05) is 11.4 Å². The van der Waals surface area contributed by atoms with Crippen molar-refractivity contribution in [3.05, 3.63) is 83.2 Å². The van der Waals surface area contributed by atoms with E-state index in [1.165, 1.54) is 30.0 Å². The molecular weight excluding hydrogens is 363 g/mol. The second-order valence-corrected chi connectivity index (χ2v) is 6.59. The average molecular weight is 378 g/mol. The van der Waals surface area contributed by atoms with E-state index in [-0.39, 0.29) is 22.8 Å². The highest BCUT2D eigenvalue weighted by Gasteiger charge is 2.16. The summed E-state index contributed by atoms with van der Waals surface area (Å²) in [7, 11) is 0. The zero-order valence-corrected chi connectivity index (χ0v) is 15.0. The molecule has 134 valence electrons. The molecule has 0 spiro atoms. The number of pyridine rings is 1. The monoisotopic (exact) mass is 378 g/mol. The predicted octanol–water partition coefficient (Wildman–Crippen LogP) is 4.22. The van der Waals surface area contributed by atoms with Crippen LogP contribution in [0.5, 0.6) is 0 Å². The van der Waals surface area contributed by atoms with Gasteiger partial charge in [0.25, 0.3) is 5.91 Å². The van der Waals surface area contributed by atoms with E-state index in [4.69, 9.17) is 5.73 Å². The lowest BCUT2D eigenvalue weighted by Crippen LogP contribution is -2.15. The number of amides is 1. The molecule has 2 aromatic carbocycles. The van der Waals surface area contributed by atoms with Crippen LogP contribution in [0, 0.1) is 17.1 Å². The van der Waals surface area contributed by atoms with Gasteiger partial charge in [-0.05, 0) is 35.9 Å². The summed E-state index contributed by atoms with van der Waals surface area (Å²) in [5.74, 6) is -0.309. The highest BCUT2D eigenvalue weighted by Crippen LogP contribution is 2.27. The first-order chi connectivity index (χ1) is 13.1. The Balaban J connectivity index is 1.80. The molecule has 5 nitrogen and oxygen atoms in total. The fourth-order valence-corrected chi connectivity index (χ4v) is 3.29. The van der Waals surface area contributed by atoms with E-state index in [0.29, 0.717) is 16.5 Å².